The molecule has 0 radical (unpaired) electrons. The number of benzene rings is 2. The summed E-state index contributed by atoms with van der Waals surface area (Å²) in [6.45, 7) is 6.17. The summed E-state index contributed by atoms with van der Waals surface area (Å²) in [6, 6.07) is 18.9. The number of piperazine rings is 1. The van der Waals surface area contributed by atoms with Crippen LogP contribution in [-0.2, 0) is 13.0 Å². The molecule has 2 atom stereocenters. The maximum atomic E-state index is 11.8. The highest BCUT2D eigenvalue weighted by molar-refractivity contribution is 5.94. The summed E-state index contributed by atoms with van der Waals surface area (Å²) >= 11 is 0. The average Bonchev–Trinajstić information content (AvgIpc) is 3.43. The van der Waals surface area contributed by atoms with Crippen LogP contribution in [0.2, 0.25) is 0 Å². The molecule has 0 saturated carbocycles. The molecule has 0 spiro atoms. The lowest BCUT2D eigenvalue weighted by Gasteiger charge is -2.41. The molecule has 0 bridgehead atoms. The summed E-state index contributed by atoms with van der Waals surface area (Å²) in [5.74, 6) is 1.49. The van der Waals surface area contributed by atoms with Crippen LogP contribution >= 0.6 is 0 Å². The summed E-state index contributed by atoms with van der Waals surface area (Å²) in [7, 11) is 2.16. The van der Waals surface area contributed by atoms with Gasteiger partial charge in [-0.15, -0.1) is 0 Å². The van der Waals surface area contributed by atoms with Crippen molar-refractivity contribution in [3.05, 3.63) is 53.7 Å². The minimum Gasteiger partial charge on any atom is -0.465 e. The van der Waals surface area contributed by atoms with Crippen LogP contribution in [-0.4, -0.2) is 89.4 Å². The van der Waals surface area contributed by atoms with E-state index < -0.39 is 6.09 Å². The van der Waals surface area contributed by atoms with Crippen molar-refractivity contribution < 1.29 is 9.90 Å². The Bertz CT molecular complexity index is 1530. The number of carbonyl (C=O) groups is 1. The van der Waals surface area contributed by atoms with Gasteiger partial charge >= 0.3 is 6.09 Å². The van der Waals surface area contributed by atoms with E-state index in [4.69, 9.17) is 15.2 Å². The van der Waals surface area contributed by atoms with E-state index in [1.807, 2.05) is 0 Å². The Morgan fingerprint density at radius 3 is 2.58 bits per heavy atom. The third-order valence-electron chi connectivity index (χ3n) is 8.67. The average molecular weight is 582 g/mol. The van der Waals surface area contributed by atoms with Crippen LogP contribution in [0, 0.1) is 22.7 Å². The molecule has 3 aliphatic rings. The molecule has 2 N–H and O–H groups in total. The van der Waals surface area contributed by atoms with Gasteiger partial charge in [-0.25, -0.2) is 9.78 Å². The summed E-state index contributed by atoms with van der Waals surface area (Å²) in [6.07, 6.45) is 2.33. The molecule has 6 rings (SSSR count). The van der Waals surface area contributed by atoms with Gasteiger partial charge in [0.05, 0.1) is 36.8 Å². The number of aromatic nitrogens is 2. The van der Waals surface area contributed by atoms with Crippen LogP contribution in [0.3, 0.4) is 0 Å². The maximum Gasteiger partial charge on any atom is 0.407 e. The minimum atomic E-state index is -0.974. The molecular weight excluding hydrogens is 542 g/mol. The number of rotatable bonds is 6. The Kier molecular flexibility index (Phi) is 9.43. The van der Waals surface area contributed by atoms with Gasteiger partial charge in [0.2, 0.25) is 5.95 Å². The van der Waals surface area contributed by atoms with Gasteiger partial charge in [-0.05, 0) is 44.3 Å². The fraction of sp³-hybridized carbons (Fsp3) is 0.469. The van der Waals surface area contributed by atoms with E-state index in [1.165, 1.54) is 34.7 Å². The predicted octanol–water partition coefficient (Wildman–Crippen LogP) is 4.31. The lowest BCUT2D eigenvalue weighted by molar-refractivity contribution is 0.119. The zero-order valence-electron chi connectivity index (χ0n) is 24.9. The number of hydrogen-bond donors (Lipinski definition) is 2. The fourth-order valence-corrected chi connectivity index (χ4v) is 6.47. The van der Waals surface area contributed by atoms with Gasteiger partial charge in [-0.3, -0.25) is 0 Å². The molecule has 0 aliphatic carbocycles. The maximum absolute atomic E-state index is 11.8. The van der Waals surface area contributed by atoms with Crippen LogP contribution in [0.4, 0.5) is 22.2 Å². The quantitative estimate of drug-likeness (QED) is 0.433. The summed E-state index contributed by atoms with van der Waals surface area (Å²) in [5.41, 5.74) is 3.33. The van der Waals surface area contributed by atoms with Crippen LogP contribution < -0.4 is 15.1 Å². The summed E-state index contributed by atoms with van der Waals surface area (Å²) < 4.78 is 0. The van der Waals surface area contributed by atoms with Gasteiger partial charge in [0.25, 0.3) is 0 Å². The van der Waals surface area contributed by atoms with Gasteiger partial charge in [0.15, 0.2) is 0 Å². The Hall–Kier alpha value is -4.61. The molecule has 2 fully saturated rings. The first-order chi connectivity index (χ1) is 20.9. The van der Waals surface area contributed by atoms with Crippen molar-refractivity contribution in [2.75, 3.05) is 61.4 Å². The SMILES string of the molecule is CC#N.CN1CCC[C@H]1CNc1nc2c(c(N3CCN(C(=O)O)[C@@H](CC#N)C3)n1)CCN(c1cccc3ccccc13)C2. The van der Waals surface area contributed by atoms with Crippen molar-refractivity contribution >= 4 is 34.3 Å². The Morgan fingerprint density at radius 2 is 1.84 bits per heavy atom. The number of fused-ring (bicyclic) bond motifs is 2. The highest BCUT2D eigenvalue weighted by Crippen LogP contribution is 2.34. The molecule has 3 aromatic rings. The van der Waals surface area contributed by atoms with E-state index in [-0.39, 0.29) is 12.5 Å². The molecule has 11 nitrogen and oxygen atoms in total. The number of nitrogens with zero attached hydrogens (tertiary/aromatic N) is 8. The van der Waals surface area contributed by atoms with Crippen molar-refractivity contribution in [2.24, 2.45) is 0 Å². The standard InChI is InChI=1S/C30H36N8O2.C2H3N/c1-35-14-5-8-22(35)18-32-29-33-26-20-36(27-10-4-7-21-6-2-3-9-24(21)27)15-12-25(26)28(34-29)37-16-17-38(30(39)40)23(19-37)11-13-31;1-2-3/h2-4,6-7,9-10,22-23H,5,8,11-12,14-20H2,1H3,(H,39,40)(H,32,33,34);1H3/t22-,23-;/m0./s1. The molecule has 0 unspecified atom stereocenters. The lowest BCUT2D eigenvalue weighted by atomic mass is 10.0. The second-order valence-electron chi connectivity index (χ2n) is 11.3. The summed E-state index contributed by atoms with van der Waals surface area (Å²) in [5, 5.41) is 32.4. The first-order valence-electron chi connectivity index (χ1n) is 14.9. The number of hydrogen-bond acceptors (Lipinski definition) is 9. The number of anilines is 3. The molecule has 11 heteroatoms. The molecule has 3 aliphatic heterocycles. The second-order valence-corrected chi connectivity index (χ2v) is 11.3. The zero-order valence-corrected chi connectivity index (χ0v) is 24.9. The van der Waals surface area contributed by atoms with Crippen LogP contribution in [0.1, 0.15) is 37.4 Å². The van der Waals surface area contributed by atoms with Gasteiger partial charge < -0.3 is 30.0 Å². The molecule has 224 valence electrons. The molecule has 43 heavy (non-hydrogen) atoms. The number of likely N-dealkylation sites (tertiary alicyclic amines) is 1. The fourth-order valence-electron chi connectivity index (χ4n) is 6.47. The minimum absolute atomic E-state index is 0.157. The van der Waals surface area contributed by atoms with Crippen molar-refractivity contribution in [3.8, 4) is 12.1 Å². The molecule has 1 aromatic heterocycles. The lowest BCUT2D eigenvalue weighted by Crippen LogP contribution is -2.55. The molecular formula is C32H39N9O2. The first-order valence-corrected chi connectivity index (χ1v) is 14.9. The number of amides is 1. The first kappa shape index (κ1) is 29.9. The topological polar surface area (TPSA) is 136 Å². The number of nitriles is 2. The number of carboxylic acid groups (broad SMARTS) is 1. The normalized spacial score (nSPS) is 20.0. The Balaban J connectivity index is 0.00000118. The van der Waals surface area contributed by atoms with Gasteiger partial charge in [0, 0.05) is 62.3 Å². The second kappa shape index (κ2) is 13.6. The highest BCUT2D eigenvalue weighted by Gasteiger charge is 2.34. The van der Waals surface area contributed by atoms with Crippen LogP contribution in [0.5, 0.6) is 0 Å². The van der Waals surface area contributed by atoms with E-state index in [1.54, 1.807) is 6.07 Å². The molecule has 2 saturated heterocycles. The monoisotopic (exact) mass is 581 g/mol. The molecule has 1 amide bonds. The Morgan fingerprint density at radius 1 is 1.05 bits per heavy atom. The summed E-state index contributed by atoms with van der Waals surface area (Å²) in [4.78, 5) is 30.2. The van der Waals surface area contributed by atoms with Crippen molar-refractivity contribution in [3.63, 3.8) is 0 Å². The smallest absolute Gasteiger partial charge is 0.407 e. The van der Waals surface area contributed by atoms with E-state index in [0.717, 1.165) is 49.6 Å². The van der Waals surface area contributed by atoms with Gasteiger partial charge in [-0.2, -0.15) is 15.5 Å². The van der Waals surface area contributed by atoms with E-state index >= 15 is 0 Å². The number of likely N-dealkylation sites (N-methyl/N-ethyl adjacent to an activating group) is 1. The van der Waals surface area contributed by atoms with Gasteiger partial charge in [0.1, 0.15) is 5.82 Å². The zero-order chi connectivity index (χ0) is 30.3. The predicted molar refractivity (Wildman–Crippen MR) is 167 cm³/mol. The van der Waals surface area contributed by atoms with Crippen molar-refractivity contribution in [1.82, 2.24) is 19.8 Å². The van der Waals surface area contributed by atoms with E-state index in [0.29, 0.717) is 38.2 Å². The largest absolute Gasteiger partial charge is 0.465 e. The Labute approximate surface area is 252 Å². The van der Waals surface area contributed by atoms with Crippen LogP contribution in [0.25, 0.3) is 10.8 Å². The van der Waals surface area contributed by atoms with E-state index in [2.05, 4.69) is 75.6 Å². The number of nitrogens with one attached hydrogen (secondary N) is 1. The van der Waals surface area contributed by atoms with Crippen molar-refractivity contribution in [1.29, 1.82) is 10.5 Å². The van der Waals surface area contributed by atoms with E-state index in [9.17, 15) is 15.2 Å². The van der Waals surface area contributed by atoms with Crippen molar-refractivity contribution in [2.45, 2.75) is 51.2 Å². The third kappa shape index (κ3) is 6.58. The third-order valence-corrected chi connectivity index (χ3v) is 8.67. The van der Waals surface area contributed by atoms with Gasteiger partial charge in [-0.1, -0.05) is 36.4 Å². The highest BCUT2D eigenvalue weighted by atomic mass is 16.4. The molecule has 2 aromatic carbocycles. The molecule has 4 heterocycles. The van der Waals surface area contributed by atoms with Crippen LogP contribution in [0.15, 0.2) is 42.5 Å².